The number of hydrogen-bond acceptors (Lipinski definition) is 7. The van der Waals surface area contributed by atoms with Gasteiger partial charge in [0, 0.05) is 6.54 Å². The highest BCUT2D eigenvalue weighted by atomic mass is 16.5. The Hall–Kier alpha value is -4.26. The van der Waals surface area contributed by atoms with Crippen LogP contribution in [0.2, 0.25) is 0 Å². The summed E-state index contributed by atoms with van der Waals surface area (Å²) < 4.78 is 12.4. The van der Waals surface area contributed by atoms with Crippen molar-refractivity contribution in [1.82, 2.24) is 9.55 Å². The number of hydrogen-bond donors (Lipinski definition) is 2. The fraction of sp³-hybridized carbons (Fsp3) is 0.304. The van der Waals surface area contributed by atoms with Crippen LogP contribution in [-0.4, -0.2) is 21.6 Å². The van der Waals surface area contributed by atoms with Crippen LogP contribution in [0.1, 0.15) is 38.0 Å². The average molecular weight is 451 g/mol. The van der Waals surface area contributed by atoms with Crippen LogP contribution in [0.15, 0.2) is 56.7 Å². The Morgan fingerprint density at radius 1 is 1.33 bits per heavy atom. The largest absolute Gasteiger partial charge is 0.481 e. The molecule has 0 fully saturated rings. The number of rotatable bonds is 9. The normalized spacial score (nSPS) is 11.5. The number of aromatic nitrogens is 2. The summed E-state index contributed by atoms with van der Waals surface area (Å²) in [6.07, 6.45) is 1.88. The first-order valence-electron chi connectivity index (χ1n) is 10.5. The van der Waals surface area contributed by atoms with Crippen molar-refractivity contribution in [3.05, 3.63) is 74.8 Å². The number of benzene rings is 1. The first-order chi connectivity index (χ1) is 15.8. The van der Waals surface area contributed by atoms with Gasteiger partial charge in [0.25, 0.3) is 11.5 Å². The van der Waals surface area contributed by atoms with Crippen molar-refractivity contribution in [2.45, 2.75) is 45.9 Å². The van der Waals surface area contributed by atoms with Gasteiger partial charge in [-0.25, -0.2) is 4.79 Å². The highest BCUT2D eigenvalue weighted by molar-refractivity contribution is 5.98. The number of nitrogens with zero attached hydrogens (tertiary/aromatic N) is 3. The van der Waals surface area contributed by atoms with E-state index in [4.69, 9.17) is 20.1 Å². The first-order valence-corrected chi connectivity index (χ1v) is 10.5. The average Bonchev–Trinajstić information content (AvgIpc) is 3.31. The molecule has 2 heterocycles. The lowest BCUT2D eigenvalue weighted by Crippen LogP contribution is -2.45. The number of anilines is 2. The highest BCUT2D eigenvalue weighted by Gasteiger charge is 2.29. The van der Waals surface area contributed by atoms with E-state index >= 15 is 0 Å². The zero-order chi connectivity index (χ0) is 24.0. The van der Waals surface area contributed by atoms with Gasteiger partial charge in [0.2, 0.25) is 0 Å². The molecule has 1 atom stereocenters. The monoisotopic (exact) mass is 451 g/mol. The van der Waals surface area contributed by atoms with Crippen molar-refractivity contribution in [3.63, 3.8) is 0 Å². The molecule has 33 heavy (non-hydrogen) atoms. The predicted molar refractivity (Wildman–Crippen MR) is 122 cm³/mol. The molecule has 10 heteroatoms. The molecule has 0 bridgehead atoms. The van der Waals surface area contributed by atoms with E-state index in [0.717, 1.165) is 11.3 Å². The lowest BCUT2D eigenvalue weighted by atomic mass is 10.2. The van der Waals surface area contributed by atoms with Gasteiger partial charge in [-0.15, -0.1) is 0 Å². The third-order valence-corrected chi connectivity index (χ3v) is 5.00. The molecular formula is C23H25N5O5. The van der Waals surface area contributed by atoms with Gasteiger partial charge in [0.15, 0.2) is 11.8 Å². The van der Waals surface area contributed by atoms with Gasteiger partial charge in [-0.3, -0.25) is 24.0 Å². The van der Waals surface area contributed by atoms with Crippen LogP contribution in [0, 0.1) is 11.3 Å². The number of nitriles is 1. The standard InChI is InChI=1S/C23H25N5O5/c1-3-4-10-27-20(25)19(21(29)26-23(27)31)28(14-18-9-6-11-32-18)22(30)15(2)33-17-8-5-7-16(12-17)13-24/h5-9,11-12,15H,3-4,10,14,25H2,1-2H3,(H,26,29,31). The van der Waals surface area contributed by atoms with E-state index in [0.29, 0.717) is 30.0 Å². The summed E-state index contributed by atoms with van der Waals surface area (Å²) >= 11 is 0. The number of aromatic amines is 1. The van der Waals surface area contributed by atoms with E-state index in [1.54, 1.807) is 30.3 Å². The summed E-state index contributed by atoms with van der Waals surface area (Å²) in [5.74, 6) is 0.0391. The third-order valence-electron chi connectivity index (χ3n) is 5.00. The summed E-state index contributed by atoms with van der Waals surface area (Å²) in [4.78, 5) is 41.9. The molecule has 3 rings (SSSR count). The molecule has 0 radical (unpaired) electrons. The summed E-state index contributed by atoms with van der Waals surface area (Å²) in [7, 11) is 0. The number of carbonyl (C=O) groups excluding carboxylic acids is 1. The number of unbranched alkanes of at least 4 members (excludes halogenated alkanes) is 1. The maximum atomic E-state index is 13.4. The summed E-state index contributed by atoms with van der Waals surface area (Å²) in [5.41, 5.74) is 5.02. The minimum atomic E-state index is -1.04. The fourth-order valence-corrected chi connectivity index (χ4v) is 3.31. The number of amides is 1. The fourth-order valence-electron chi connectivity index (χ4n) is 3.31. The smallest absolute Gasteiger partial charge is 0.330 e. The lowest BCUT2D eigenvalue weighted by molar-refractivity contribution is -0.124. The van der Waals surface area contributed by atoms with Crippen molar-refractivity contribution in [3.8, 4) is 11.8 Å². The van der Waals surface area contributed by atoms with Gasteiger partial charge in [-0.05, 0) is 43.7 Å². The topological polar surface area (TPSA) is 147 Å². The van der Waals surface area contributed by atoms with Crippen molar-refractivity contribution < 1.29 is 13.9 Å². The minimum absolute atomic E-state index is 0.100. The molecule has 1 aromatic carbocycles. The number of H-pyrrole nitrogens is 1. The van der Waals surface area contributed by atoms with Crippen LogP contribution in [0.3, 0.4) is 0 Å². The number of furan rings is 1. The third kappa shape index (κ3) is 5.33. The second-order valence-electron chi connectivity index (χ2n) is 7.40. The van der Waals surface area contributed by atoms with Crippen LogP contribution in [0.5, 0.6) is 5.75 Å². The molecule has 0 aliphatic rings. The lowest BCUT2D eigenvalue weighted by Gasteiger charge is -2.26. The zero-order valence-electron chi connectivity index (χ0n) is 18.4. The molecule has 1 amide bonds. The number of nitrogens with two attached hydrogens (primary N) is 1. The van der Waals surface area contributed by atoms with E-state index in [9.17, 15) is 14.4 Å². The second-order valence-corrected chi connectivity index (χ2v) is 7.40. The van der Waals surface area contributed by atoms with Crippen molar-refractivity contribution in [2.24, 2.45) is 0 Å². The quantitative estimate of drug-likeness (QED) is 0.507. The van der Waals surface area contributed by atoms with E-state index in [2.05, 4.69) is 4.98 Å². The van der Waals surface area contributed by atoms with Crippen molar-refractivity contribution in [2.75, 3.05) is 10.6 Å². The van der Waals surface area contributed by atoms with E-state index in [-0.39, 0.29) is 18.1 Å². The van der Waals surface area contributed by atoms with E-state index in [1.807, 2.05) is 13.0 Å². The molecule has 0 saturated heterocycles. The van der Waals surface area contributed by atoms with Crippen molar-refractivity contribution >= 4 is 17.4 Å². The molecule has 3 N–H and O–H groups in total. The summed E-state index contributed by atoms with van der Waals surface area (Å²) in [6.45, 7) is 3.67. The molecule has 0 saturated carbocycles. The minimum Gasteiger partial charge on any atom is -0.481 e. The highest BCUT2D eigenvalue weighted by Crippen LogP contribution is 2.23. The van der Waals surface area contributed by atoms with Crippen LogP contribution in [0.25, 0.3) is 0 Å². The Balaban J connectivity index is 2.01. The molecule has 3 aromatic rings. The van der Waals surface area contributed by atoms with Gasteiger partial charge < -0.3 is 14.9 Å². The second kappa shape index (κ2) is 10.4. The maximum absolute atomic E-state index is 13.4. The number of nitrogens with one attached hydrogen (secondary N) is 1. The molecule has 0 spiro atoms. The summed E-state index contributed by atoms with van der Waals surface area (Å²) in [5, 5.41) is 9.09. The molecule has 10 nitrogen and oxygen atoms in total. The first kappa shape index (κ1) is 23.4. The van der Waals surface area contributed by atoms with Gasteiger partial charge in [-0.1, -0.05) is 19.4 Å². The number of ether oxygens (including phenoxy) is 1. The SMILES string of the molecule is CCCCn1c(N)c(N(Cc2ccco2)C(=O)C(C)Oc2cccc(C#N)c2)c(=O)[nH]c1=O. The molecule has 0 aliphatic heterocycles. The Kier molecular flexibility index (Phi) is 7.35. The molecule has 172 valence electrons. The van der Waals surface area contributed by atoms with Gasteiger partial charge in [-0.2, -0.15) is 5.26 Å². The Bertz CT molecular complexity index is 1270. The summed E-state index contributed by atoms with van der Waals surface area (Å²) in [6, 6.07) is 11.7. The maximum Gasteiger partial charge on any atom is 0.330 e. The zero-order valence-corrected chi connectivity index (χ0v) is 18.4. The Morgan fingerprint density at radius 2 is 2.12 bits per heavy atom. The van der Waals surface area contributed by atoms with Gasteiger partial charge in [0.1, 0.15) is 17.3 Å². The molecule has 2 aromatic heterocycles. The Labute approximate surface area is 189 Å². The Morgan fingerprint density at radius 3 is 2.79 bits per heavy atom. The van der Waals surface area contributed by atoms with Gasteiger partial charge in [0.05, 0.1) is 24.4 Å². The van der Waals surface area contributed by atoms with Crippen LogP contribution >= 0.6 is 0 Å². The predicted octanol–water partition coefficient (Wildman–Crippen LogP) is 2.38. The van der Waals surface area contributed by atoms with Crippen LogP contribution < -0.4 is 26.6 Å². The van der Waals surface area contributed by atoms with Crippen molar-refractivity contribution in [1.29, 1.82) is 5.26 Å². The molecule has 0 aliphatic carbocycles. The van der Waals surface area contributed by atoms with Gasteiger partial charge >= 0.3 is 5.69 Å². The molecule has 1 unspecified atom stereocenters. The number of carbonyl (C=O) groups is 1. The molecular weight excluding hydrogens is 426 g/mol. The van der Waals surface area contributed by atoms with E-state index in [1.165, 1.54) is 23.8 Å². The van der Waals surface area contributed by atoms with Crippen LogP contribution in [0.4, 0.5) is 11.5 Å². The number of nitrogen functional groups attached to an aromatic ring is 1. The van der Waals surface area contributed by atoms with E-state index < -0.39 is 23.3 Å². The van der Waals surface area contributed by atoms with Crippen LogP contribution in [-0.2, 0) is 17.9 Å².